The first-order valence-electron chi connectivity index (χ1n) is 5.76. The second-order valence-electron chi connectivity index (χ2n) is 3.68. The van der Waals surface area contributed by atoms with Gasteiger partial charge in [-0.05, 0) is 44.4 Å². The van der Waals surface area contributed by atoms with E-state index in [0.29, 0.717) is 6.61 Å². The molecule has 1 aromatic rings. The summed E-state index contributed by atoms with van der Waals surface area (Å²) in [5.41, 5.74) is 0. The van der Waals surface area contributed by atoms with Crippen LogP contribution in [0.25, 0.3) is 0 Å². The van der Waals surface area contributed by atoms with Gasteiger partial charge >= 0.3 is 0 Å². The predicted molar refractivity (Wildman–Crippen MR) is 66.3 cm³/mol. The predicted octanol–water partition coefficient (Wildman–Crippen LogP) is 2.56. The number of aryl methyl sites for hydroxylation is 1. The monoisotopic (exact) mass is 227 g/mol. The van der Waals surface area contributed by atoms with E-state index in [4.69, 9.17) is 5.11 Å². The number of aliphatic hydroxyl groups is 1. The maximum Gasteiger partial charge on any atom is 0.0431 e. The van der Waals surface area contributed by atoms with Crippen LogP contribution in [0.2, 0.25) is 0 Å². The second kappa shape index (κ2) is 7.85. The third kappa shape index (κ3) is 5.30. The Morgan fingerprint density at radius 1 is 1.20 bits per heavy atom. The quantitative estimate of drug-likeness (QED) is 0.669. The molecule has 1 rings (SSSR count). The van der Waals surface area contributed by atoms with E-state index >= 15 is 0 Å². The Morgan fingerprint density at radius 2 is 2.00 bits per heavy atom. The van der Waals surface area contributed by atoms with Crippen molar-refractivity contribution in [3.8, 4) is 0 Å². The molecule has 0 bridgehead atoms. The van der Waals surface area contributed by atoms with Gasteiger partial charge in [0, 0.05) is 22.9 Å². The Balaban J connectivity index is 2.04. The van der Waals surface area contributed by atoms with Crippen molar-refractivity contribution in [1.29, 1.82) is 0 Å². The first kappa shape index (κ1) is 12.7. The summed E-state index contributed by atoms with van der Waals surface area (Å²) in [5, 5.41) is 12.0. The fourth-order valence-electron chi connectivity index (χ4n) is 1.46. The van der Waals surface area contributed by atoms with E-state index in [1.54, 1.807) is 0 Å². The van der Waals surface area contributed by atoms with Gasteiger partial charge in [0.25, 0.3) is 0 Å². The fourth-order valence-corrected chi connectivity index (χ4v) is 2.39. The summed E-state index contributed by atoms with van der Waals surface area (Å²) >= 11 is 1.90. The van der Waals surface area contributed by atoms with Gasteiger partial charge in [0.05, 0.1) is 0 Å². The van der Waals surface area contributed by atoms with Gasteiger partial charge in [0.2, 0.25) is 0 Å². The van der Waals surface area contributed by atoms with Gasteiger partial charge in [0.15, 0.2) is 0 Å². The number of aliphatic hydroxyl groups excluding tert-OH is 1. The first-order valence-corrected chi connectivity index (χ1v) is 6.57. The third-order valence-electron chi connectivity index (χ3n) is 2.38. The minimum Gasteiger partial charge on any atom is -0.396 e. The van der Waals surface area contributed by atoms with Crippen molar-refractivity contribution >= 4 is 11.3 Å². The number of hydrogen-bond acceptors (Lipinski definition) is 3. The van der Waals surface area contributed by atoms with Gasteiger partial charge in [-0.2, -0.15) is 0 Å². The summed E-state index contributed by atoms with van der Waals surface area (Å²) in [6, 6.07) is 4.43. The van der Waals surface area contributed by atoms with Crippen molar-refractivity contribution in [2.24, 2.45) is 0 Å². The number of nitrogens with one attached hydrogen (secondary N) is 1. The molecule has 3 heteroatoms. The van der Waals surface area contributed by atoms with Crippen LogP contribution in [0.1, 0.15) is 35.9 Å². The zero-order valence-electron chi connectivity index (χ0n) is 9.46. The maximum absolute atomic E-state index is 8.61. The zero-order valence-corrected chi connectivity index (χ0v) is 10.3. The van der Waals surface area contributed by atoms with Gasteiger partial charge in [-0.25, -0.2) is 0 Å². The van der Waals surface area contributed by atoms with Crippen molar-refractivity contribution in [3.05, 3.63) is 21.9 Å². The maximum atomic E-state index is 8.61. The van der Waals surface area contributed by atoms with E-state index in [1.807, 2.05) is 11.3 Å². The fraction of sp³-hybridized carbons (Fsp3) is 0.667. The highest BCUT2D eigenvalue weighted by atomic mass is 32.1. The molecule has 0 saturated carbocycles. The molecule has 0 radical (unpaired) electrons. The molecule has 15 heavy (non-hydrogen) atoms. The molecule has 0 fully saturated rings. The molecule has 0 aliphatic rings. The van der Waals surface area contributed by atoms with Crippen LogP contribution in [0.5, 0.6) is 0 Å². The molecule has 0 atom stereocenters. The Hall–Kier alpha value is -0.380. The lowest BCUT2D eigenvalue weighted by atomic mass is 10.2. The number of rotatable bonds is 8. The zero-order chi connectivity index (χ0) is 10.9. The van der Waals surface area contributed by atoms with Gasteiger partial charge in [-0.3, -0.25) is 0 Å². The molecular weight excluding hydrogens is 206 g/mol. The van der Waals surface area contributed by atoms with Crippen molar-refractivity contribution in [2.45, 2.75) is 39.2 Å². The third-order valence-corrected chi connectivity index (χ3v) is 3.61. The standard InChI is InChI=1S/C12H21NOS/c1-2-11-6-7-12(15-11)10-13-8-4-3-5-9-14/h6-7,13-14H,2-5,8-10H2,1H3. The summed E-state index contributed by atoms with van der Waals surface area (Å²) < 4.78 is 0. The Kier molecular flexibility index (Phi) is 6.64. The van der Waals surface area contributed by atoms with Crippen molar-refractivity contribution in [1.82, 2.24) is 5.32 Å². The minimum atomic E-state index is 0.324. The molecule has 0 aliphatic heterocycles. The molecule has 0 saturated heterocycles. The summed E-state index contributed by atoms with van der Waals surface area (Å²) in [5.74, 6) is 0. The van der Waals surface area contributed by atoms with Crippen LogP contribution >= 0.6 is 11.3 Å². The van der Waals surface area contributed by atoms with E-state index in [1.165, 1.54) is 9.75 Å². The Bertz CT molecular complexity index is 260. The average Bonchev–Trinajstić information content (AvgIpc) is 2.71. The van der Waals surface area contributed by atoms with Crippen LogP contribution in [-0.2, 0) is 13.0 Å². The van der Waals surface area contributed by atoms with Crippen LogP contribution in [0.3, 0.4) is 0 Å². The van der Waals surface area contributed by atoms with Crippen LogP contribution in [-0.4, -0.2) is 18.3 Å². The molecule has 0 amide bonds. The SMILES string of the molecule is CCc1ccc(CNCCCCCO)s1. The van der Waals surface area contributed by atoms with Gasteiger partial charge in [0.1, 0.15) is 0 Å². The normalized spacial score (nSPS) is 10.8. The molecule has 86 valence electrons. The van der Waals surface area contributed by atoms with Crippen LogP contribution < -0.4 is 5.32 Å². The van der Waals surface area contributed by atoms with Crippen molar-refractivity contribution < 1.29 is 5.11 Å². The Labute approximate surface area is 96.3 Å². The number of thiophene rings is 1. The van der Waals surface area contributed by atoms with Crippen LogP contribution in [0.15, 0.2) is 12.1 Å². The molecule has 1 heterocycles. The summed E-state index contributed by atoms with van der Waals surface area (Å²) in [4.78, 5) is 2.89. The highest BCUT2D eigenvalue weighted by Crippen LogP contribution is 2.16. The van der Waals surface area contributed by atoms with E-state index in [0.717, 1.165) is 38.8 Å². The second-order valence-corrected chi connectivity index (χ2v) is 4.94. The van der Waals surface area contributed by atoms with Gasteiger partial charge < -0.3 is 10.4 Å². The molecule has 1 aromatic heterocycles. The average molecular weight is 227 g/mol. The summed E-state index contributed by atoms with van der Waals surface area (Å²) in [6.45, 7) is 4.56. The van der Waals surface area contributed by atoms with Crippen molar-refractivity contribution in [3.63, 3.8) is 0 Å². The number of hydrogen-bond donors (Lipinski definition) is 2. The molecule has 2 nitrogen and oxygen atoms in total. The van der Waals surface area contributed by atoms with Gasteiger partial charge in [-0.1, -0.05) is 6.92 Å². The molecule has 2 N–H and O–H groups in total. The van der Waals surface area contributed by atoms with Crippen LogP contribution in [0.4, 0.5) is 0 Å². The summed E-state index contributed by atoms with van der Waals surface area (Å²) in [6.07, 6.45) is 4.35. The van der Waals surface area contributed by atoms with Crippen molar-refractivity contribution in [2.75, 3.05) is 13.2 Å². The van der Waals surface area contributed by atoms with Gasteiger partial charge in [-0.15, -0.1) is 11.3 Å². The first-order chi connectivity index (χ1) is 7.36. The Morgan fingerprint density at radius 3 is 2.67 bits per heavy atom. The smallest absolute Gasteiger partial charge is 0.0431 e. The lowest BCUT2D eigenvalue weighted by Crippen LogP contribution is -2.13. The topological polar surface area (TPSA) is 32.3 Å². The molecule has 0 aromatic carbocycles. The highest BCUT2D eigenvalue weighted by molar-refractivity contribution is 7.11. The molecule has 0 spiro atoms. The lowest BCUT2D eigenvalue weighted by Gasteiger charge is -2.01. The van der Waals surface area contributed by atoms with E-state index in [9.17, 15) is 0 Å². The summed E-state index contributed by atoms with van der Waals surface area (Å²) in [7, 11) is 0. The minimum absolute atomic E-state index is 0.324. The van der Waals surface area contributed by atoms with E-state index in [-0.39, 0.29) is 0 Å². The highest BCUT2D eigenvalue weighted by Gasteiger charge is 1.97. The van der Waals surface area contributed by atoms with E-state index < -0.39 is 0 Å². The van der Waals surface area contributed by atoms with E-state index in [2.05, 4.69) is 24.4 Å². The molecule has 0 aliphatic carbocycles. The largest absolute Gasteiger partial charge is 0.396 e. The van der Waals surface area contributed by atoms with Crippen LogP contribution in [0, 0.1) is 0 Å². The number of unbranched alkanes of at least 4 members (excludes halogenated alkanes) is 2. The molecular formula is C12H21NOS. The lowest BCUT2D eigenvalue weighted by molar-refractivity contribution is 0.283. The molecule has 0 unspecified atom stereocenters.